The predicted octanol–water partition coefficient (Wildman–Crippen LogP) is 1.99. The molecule has 1 aliphatic rings. The number of carbonyl (C=O) groups excluding carboxylic acids is 2. The van der Waals surface area contributed by atoms with E-state index in [2.05, 4.69) is 4.74 Å². The Morgan fingerprint density at radius 2 is 2.12 bits per heavy atom. The molecule has 0 amide bonds. The molecular formula is C13H14O3. The van der Waals surface area contributed by atoms with Crippen LogP contribution in [-0.4, -0.2) is 18.9 Å². The van der Waals surface area contributed by atoms with Crippen molar-refractivity contribution in [1.82, 2.24) is 0 Å². The number of hydrogen-bond acceptors (Lipinski definition) is 3. The van der Waals surface area contributed by atoms with Crippen molar-refractivity contribution >= 4 is 11.8 Å². The Kier molecular flexibility index (Phi) is 2.54. The van der Waals surface area contributed by atoms with Gasteiger partial charge in [-0.3, -0.25) is 9.59 Å². The van der Waals surface area contributed by atoms with Crippen LogP contribution in [-0.2, 0) is 16.0 Å². The number of benzene rings is 1. The van der Waals surface area contributed by atoms with Gasteiger partial charge in [0.1, 0.15) is 0 Å². The number of rotatable bonds is 2. The normalized spacial score (nSPS) is 23.0. The third-order valence-electron chi connectivity index (χ3n) is 3.15. The average Bonchev–Trinajstić information content (AvgIpc) is 2.52. The maximum Gasteiger partial charge on any atom is 0.306 e. The number of fused-ring (bicyclic) bond motifs is 1. The molecule has 0 spiro atoms. The first-order valence-electron chi connectivity index (χ1n) is 5.26. The second kappa shape index (κ2) is 3.74. The average molecular weight is 218 g/mol. The monoisotopic (exact) mass is 218 g/mol. The van der Waals surface area contributed by atoms with Crippen LogP contribution < -0.4 is 0 Å². The summed E-state index contributed by atoms with van der Waals surface area (Å²) in [6, 6.07) is 7.52. The first-order valence-corrected chi connectivity index (χ1v) is 5.26. The van der Waals surface area contributed by atoms with E-state index in [-0.39, 0.29) is 18.2 Å². The van der Waals surface area contributed by atoms with Crippen LogP contribution in [0.3, 0.4) is 0 Å². The summed E-state index contributed by atoms with van der Waals surface area (Å²) < 4.78 is 4.63. The fraction of sp³-hybridized carbons (Fsp3) is 0.385. The Morgan fingerprint density at radius 1 is 1.44 bits per heavy atom. The lowest BCUT2D eigenvalue weighted by Gasteiger charge is -2.19. The molecule has 0 aromatic heterocycles. The number of hydrogen-bond donors (Lipinski definition) is 0. The van der Waals surface area contributed by atoms with Gasteiger partial charge in [-0.2, -0.15) is 0 Å². The first-order chi connectivity index (χ1) is 7.57. The van der Waals surface area contributed by atoms with Crippen molar-refractivity contribution in [3.8, 4) is 0 Å². The van der Waals surface area contributed by atoms with Crippen molar-refractivity contribution in [2.45, 2.75) is 19.8 Å². The zero-order chi connectivity index (χ0) is 11.8. The molecule has 0 N–H and O–H groups in total. The van der Waals surface area contributed by atoms with E-state index in [1.54, 1.807) is 0 Å². The van der Waals surface area contributed by atoms with E-state index in [4.69, 9.17) is 0 Å². The number of methoxy groups -OCH3 is 1. The van der Waals surface area contributed by atoms with Crippen LogP contribution in [0.2, 0.25) is 0 Å². The lowest BCUT2D eigenvalue weighted by atomic mass is 9.83. The Balaban J connectivity index is 2.30. The maximum absolute atomic E-state index is 12.2. The van der Waals surface area contributed by atoms with Gasteiger partial charge in [-0.1, -0.05) is 31.2 Å². The summed E-state index contributed by atoms with van der Waals surface area (Å²) in [7, 11) is 1.35. The van der Waals surface area contributed by atoms with E-state index >= 15 is 0 Å². The predicted molar refractivity (Wildman–Crippen MR) is 59.2 cm³/mol. The van der Waals surface area contributed by atoms with Crippen LogP contribution in [0, 0.1) is 5.41 Å². The zero-order valence-corrected chi connectivity index (χ0v) is 9.45. The fourth-order valence-electron chi connectivity index (χ4n) is 2.26. The molecule has 1 aliphatic carbocycles. The van der Waals surface area contributed by atoms with Crippen molar-refractivity contribution in [2.75, 3.05) is 7.11 Å². The second-order valence-electron chi connectivity index (χ2n) is 4.48. The van der Waals surface area contributed by atoms with Crippen molar-refractivity contribution in [1.29, 1.82) is 0 Å². The molecule has 1 atom stereocenters. The van der Waals surface area contributed by atoms with Crippen LogP contribution in [0.4, 0.5) is 0 Å². The van der Waals surface area contributed by atoms with Crippen molar-refractivity contribution < 1.29 is 14.3 Å². The molecule has 0 bridgehead atoms. The summed E-state index contributed by atoms with van der Waals surface area (Å²) in [4.78, 5) is 23.5. The standard InChI is InChI=1S/C13H14O3/c1-13(8-11(14)16-2)7-9-5-3-4-6-10(9)12(13)15/h3-6H,7-8H2,1-2H3/t13-/m1/s1. The Hall–Kier alpha value is -1.64. The van der Waals surface area contributed by atoms with Crippen LogP contribution in [0.1, 0.15) is 29.3 Å². The Bertz CT molecular complexity index is 450. The molecule has 0 heterocycles. The fourth-order valence-corrected chi connectivity index (χ4v) is 2.26. The highest BCUT2D eigenvalue weighted by Crippen LogP contribution is 2.39. The SMILES string of the molecule is COC(=O)C[C@@]1(C)Cc2ccccc2C1=O. The third kappa shape index (κ3) is 1.62. The zero-order valence-electron chi connectivity index (χ0n) is 9.45. The summed E-state index contributed by atoms with van der Waals surface area (Å²) in [6.45, 7) is 1.83. The molecule has 0 fully saturated rings. The first kappa shape index (κ1) is 10.9. The van der Waals surface area contributed by atoms with Crippen LogP contribution in [0.5, 0.6) is 0 Å². The molecule has 0 aliphatic heterocycles. The van der Waals surface area contributed by atoms with Gasteiger partial charge < -0.3 is 4.74 Å². The van der Waals surface area contributed by atoms with E-state index < -0.39 is 5.41 Å². The minimum absolute atomic E-state index is 0.0495. The molecule has 3 nitrogen and oxygen atoms in total. The molecule has 0 saturated carbocycles. The third-order valence-corrected chi connectivity index (χ3v) is 3.15. The molecule has 0 unspecified atom stereocenters. The van der Waals surface area contributed by atoms with E-state index in [0.29, 0.717) is 6.42 Å². The van der Waals surface area contributed by atoms with E-state index in [9.17, 15) is 9.59 Å². The van der Waals surface area contributed by atoms with Crippen molar-refractivity contribution in [3.63, 3.8) is 0 Å². The number of carbonyl (C=O) groups is 2. The summed E-state index contributed by atoms with van der Waals surface area (Å²) in [5.41, 5.74) is 1.14. The quantitative estimate of drug-likeness (QED) is 0.713. The Labute approximate surface area is 94.4 Å². The van der Waals surface area contributed by atoms with Crippen LogP contribution in [0.15, 0.2) is 24.3 Å². The van der Waals surface area contributed by atoms with Gasteiger partial charge in [0.15, 0.2) is 5.78 Å². The molecule has 1 aromatic rings. The lowest BCUT2D eigenvalue weighted by Crippen LogP contribution is -2.28. The molecule has 16 heavy (non-hydrogen) atoms. The van der Waals surface area contributed by atoms with Gasteiger partial charge in [0, 0.05) is 11.0 Å². The van der Waals surface area contributed by atoms with Gasteiger partial charge in [-0.05, 0) is 12.0 Å². The highest BCUT2D eigenvalue weighted by molar-refractivity contribution is 6.06. The molecule has 3 heteroatoms. The highest BCUT2D eigenvalue weighted by atomic mass is 16.5. The van der Waals surface area contributed by atoms with Crippen LogP contribution in [0.25, 0.3) is 0 Å². The minimum Gasteiger partial charge on any atom is -0.469 e. The van der Waals surface area contributed by atoms with E-state index in [0.717, 1.165) is 11.1 Å². The van der Waals surface area contributed by atoms with Crippen molar-refractivity contribution in [2.24, 2.45) is 5.41 Å². The molecule has 1 aromatic carbocycles. The van der Waals surface area contributed by atoms with E-state index in [1.165, 1.54) is 7.11 Å². The number of Topliss-reactive ketones (excluding diaryl/α,β-unsaturated/α-hetero) is 1. The second-order valence-corrected chi connectivity index (χ2v) is 4.48. The topological polar surface area (TPSA) is 43.4 Å². The highest BCUT2D eigenvalue weighted by Gasteiger charge is 2.42. The summed E-state index contributed by atoms with van der Waals surface area (Å²) in [6.07, 6.45) is 0.772. The molecular weight excluding hydrogens is 204 g/mol. The van der Waals surface area contributed by atoms with Crippen molar-refractivity contribution in [3.05, 3.63) is 35.4 Å². The molecule has 84 valence electrons. The minimum atomic E-state index is -0.628. The van der Waals surface area contributed by atoms with Crippen LogP contribution >= 0.6 is 0 Å². The summed E-state index contributed by atoms with van der Waals surface area (Å²) in [5, 5.41) is 0. The van der Waals surface area contributed by atoms with Gasteiger partial charge in [0.25, 0.3) is 0 Å². The number of ether oxygens (including phenoxy) is 1. The largest absolute Gasteiger partial charge is 0.469 e. The lowest BCUT2D eigenvalue weighted by molar-refractivity contribution is -0.142. The van der Waals surface area contributed by atoms with Gasteiger partial charge in [-0.25, -0.2) is 0 Å². The molecule has 0 saturated heterocycles. The van der Waals surface area contributed by atoms with Gasteiger partial charge in [0.2, 0.25) is 0 Å². The summed E-state index contributed by atoms with van der Waals surface area (Å²) in [5.74, 6) is -0.280. The van der Waals surface area contributed by atoms with Gasteiger partial charge in [-0.15, -0.1) is 0 Å². The van der Waals surface area contributed by atoms with E-state index in [1.807, 2.05) is 31.2 Å². The number of esters is 1. The summed E-state index contributed by atoms with van der Waals surface area (Å²) >= 11 is 0. The molecule has 0 radical (unpaired) electrons. The maximum atomic E-state index is 12.2. The van der Waals surface area contributed by atoms with Gasteiger partial charge in [0.05, 0.1) is 13.5 Å². The molecule has 2 rings (SSSR count). The van der Waals surface area contributed by atoms with Gasteiger partial charge >= 0.3 is 5.97 Å². The Morgan fingerprint density at radius 3 is 2.75 bits per heavy atom. The smallest absolute Gasteiger partial charge is 0.306 e. The number of ketones is 1.